The first-order valence-electron chi connectivity index (χ1n) is 11.1. The number of amides is 2. The van der Waals surface area contributed by atoms with E-state index in [-0.39, 0.29) is 35.8 Å². The molecule has 0 spiro atoms. The highest BCUT2D eigenvalue weighted by molar-refractivity contribution is 5.95. The fraction of sp³-hybridized carbons (Fsp3) is 0.375. The molecule has 9 nitrogen and oxygen atoms in total. The molecule has 2 amide bonds. The summed E-state index contributed by atoms with van der Waals surface area (Å²) in [5.74, 6) is -1.90. The minimum Gasteiger partial charge on any atom is -0.485 e. The van der Waals surface area contributed by atoms with Gasteiger partial charge in [-0.15, -0.1) is 0 Å². The summed E-state index contributed by atoms with van der Waals surface area (Å²) >= 11 is 0. The molecule has 0 saturated carbocycles. The fourth-order valence-electron chi connectivity index (χ4n) is 3.93. The number of fused-ring (bicyclic) bond motifs is 1. The van der Waals surface area contributed by atoms with E-state index >= 15 is 0 Å². The van der Waals surface area contributed by atoms with Crippen LogP contribution in [-0.2, 0) is 13.2 Å². The smallest absolute Gasteiger partial charge is 0.405 e. The lowest BCUT2D eigenvalue weighted by atomic mass is 9.96. The summed E-state index contributed by atoms with van der Waals surface area (Å²) in [7, 11) is 0. The van der Waals surface area contributed by atoms with Gasteiger partial charge in [0.15, 0.2) is 11.4 Å². The van der Waals surface area contributed by atoms with Crippen molar-refractivity contribution >= 4 is 17.6 Å². The van der Waals surface area contributed by atoms with Crippen molar-refractivity contribution in [3.63, 3.8) is 0 Å². The molecule has 0 bridgehead atoms. The number of nitrogens with zero attached hydrogens (tertiary/aromatic N) is 2. The molecule has 35 heavy (non-hydrogen) atoms. The van der Waals surface area contributed by atoms with Gasteiger partial charge in [-0.05, 0) is 44.0 Å². The number of aryl methyl sites for hydroxylation is 1. The quantitative estimate of drug-likeness (QED) is 0.345. The van der Waals surface area contributed by atoms with Crippen molar-refractivity contribution in [2.75, 3.05) is 6.54 Å². The first-order chi connectivity index (χ1) is 16.6. The van der Waals surface area contributed by atoms with Crippen LogP contribution in [0.3, 0.4) is 0 Å². The number of carboxylic acid groups (broad SMARTS) is 1. The molecule has 1 unspecified atom stereocenters. The number of pyridine rings is 1. The molecule has 2 aromatic heterocycles. The van der Waals surface area contributed by atoms with Gasteiger partial charge in [0, 0.05) is 12.7 Å². The second kappa shape index (κ2) is 10.7. The summed E-state index contributed by atoms with van der Waals surface area (Å²) in [6.07, 6.45) is 1.53. The molecule has 0 aliphatic rings. The van der Waals surface area contributed by atoms with E-state index in [9.17, 15) is 23.5 Å². The third-order valence-corrected chi connectivity index (χ3v) is 5.60. The Hall–Kier alpha value is -3.73. The Balaban J connectivity index is 1.92. The highest BCUT2D eigenvalue weighted by Gasteiger charge is 2.28. The van der Waals surface area contributed by atoms with Crippen molar-refractivity contribution in [1.29, 1.82) is 0 Å². The summed E-state index contributed by atoms with van der Waals surface area (Å²) in [4.78, 5) is 28.7. The number of aromatic nitrogens is 2. The molecule has 0 fully saturated rings. The zero-order chi connectivity index (χ0) is 25.8. The van der Waals surface area contributed by atoms with Crippen LogP contribution in [0.5, 0.6) is 5.75 Å². The second-order valence-corrected chi connectivity index (χ2v) is 8.52. The Morgan fingerprint density at radius 2 is 1.94 bits per heavy atom. The van der Waals surface area contributed by atoms with Gasteiger partial charge in [0.25, 0.3) is 5.91 Å². The highest BCUT2D eigenvalue weighted by atomic mass is 19.1. The molecule has 1 aromatic carbocycles. The molecule has 0 radical (unpaired) electrons. The van der Waals surface area contributed by atoms with Gasteiger partial charge in [-0.3, -0.25) is 9.20 Å². The third-order valence-electron chi connectivity index (χ3n) is 5.60. The van der Waals surface area contributed by atoms with Gasteiger partial charge in [0.1, 0.15) is 23.9 Å². The van der Waals surface area contributed by atoms with Gasteiger partial charge in [0.05, 0.1) is 23.4 Å². The number of benzene rings is 1. The van der Waals surface area contributed by atoms with E-state index in [1.54, 1.807) is 13.8 Å². The van der Waals surface area contributed by atoms with Gasteiger partial charge < -0.3 is 25.6 Å². The molecule has 1 atom stereocenters. The number of nitrogens with one attached hydrogen (secondary N) is 2. The molecule has 0 aliphatic carbocycles. The fourth-order valence-corrected chi connectivity index (χ4v) is 3.93. The van der Waals surface area contributed by atoms with Crippen LogP contribution in [0, 0.1) is 18.6 Å². The van der Waals surface area contributed by atoms with E-state index in [0.29, 0.717) is 24.1 Å². The van der Waals surface area contributed by atoms with Crippen molar-refractivity contribution in [3.05, 3.63) is 64.6 Å². The summed E-state index contributed by atoms with van der Waals surface area (Å²) < 4.78 is 35.2. The number of ether oxygens (including phenoxy) is 1. The van der Waals surface area contributed by atoms with E-state index in [1.807, 2.05) is 6.92 Å². The lowest BCUT2D eigenvalue weighted by Crippen LogP contribution is -2.53. The number of aliphatic hydroxyl groups excluding tert-OH is 1. The van der Waals surface area contributed by atoms with E-state index < -0.39 is 35.8 Å². The Morgan fingerprint density at radius 1 is 1.26 bits per heavy atom. The standard InChI is InChI=1S/C24H28F2N4O5/c1-4-8-24(3,29-23(33)34)13-27-22(32)20-14(2)28-21-19(9-15(11-31)10-30(20)21)35-12-16-17(25)6-5-7-18(16)26/h5-7,9-10,29,31H,4,8,11-13H2,1-3H3,(H,27,32)(H,33,34). The normalized spacial score (nSPS) is 12.9. The summed E-state index contributed by atoms with van der Waals surface area (Å²) in [6, 6.07) is 4.97. The van der Waals surface area contributed by atoms with Crippen LogP contribution in [-0.4, -0.2) is 43.7 Å². The predicted octanol–water partition coefficient (Wildman–Crippen LogP) is 3.55. The molecule has 188 valence electrons. The number of hydrogen-bond acceptors (Lipinski definition) is 5. The molecule has 2 heterocycles. The Bertz CT molecular complexity index is 1230. The Labute approximate surface area is 200 Å². The molecule has 0 aliphatic heterocycles. The van der Waals surface area contributed by atoms with Crippen LogP contribution < -0.4 is 15.4 Å². The highest BCUT2D eigenvalue weighted by Crippen LogP contribution is 2.26. The minimum absolute atomic E-state index is 0.0360. The third kappa shape index (κ3) is 5.86. The van der Waals surface area contributed by atoms with E-state index in [1.165, 1.54) is 22.7 Å². The number of carbonyl (C=O) groups is 2. The maximum absolute atomic E-state index is 14.0. The second-order valence-electron chi connectivity index (χ2n) is 8.52. The van der Waals surface area contributed by atoms with Crippen LogP contribution in [0.4, 0.5) is 13.6 Å². The number of hydrogen-bond donors (Lipinski definition) is 4. The number of carbonyl (C=O) groups excluding carboxylic acids is 1. The minimum atomic E-state index is -1.19. The van der Waals surface area contributed by atoms with Crippen molar-refractivity contribution in [2.24, 2.45) is 0 Å². The predicted molar refractivity (Wildman–Crippen MR) is 123 cm³/mol. The number of halogens is 2. The SMILES string of the molecule is CCCC(C)(CNC(=O)c1c(C)nc2c(OCc3c(F)cccc3F)cc(CO)cn12)NC(=O)O. The van der Waals surface area contributed by atoms with Gasteiger partial charge in [-0.1, -0.05) is 19.4 Å². The summed E-state index contributed by atoms with van der Waals surface area (Å²) in [6.45, 7) is 4.45. The molecule has 3 aromatic rings. The van der Waals surface area contributed by atoms with Crippen LogP contribution in [0.25, 0.3) is 5.65 Å². The molecule has 0 saturated heterocycles. The monoisotopic (exact) mass is 490 g/mol. The number of aliphatic hydroxyl groups is 1. The maximum Gasteiger partial charge on any atom is 0.405 e. The van der Waals surface area contributed by atoms with Crippen molar-refractivity contribution in [2.45, 2.75) is 52.4 Å². The van der Waals surface area contributed by atoms with E-state index in [4.69, 9.17) is 9.84 Å². The number of imidazole rings is 1. The van der Waals surface area contributed by atoms with Crippen LogP contribution in [0.1, 0.15) is 54.0 Å². The van der Waals surface area contributed by atoms with Crippen LogP contribution >= 0.6 is 0 Å². The maximum atomic E-state index is 14.0. The molecule has 11 heteroatoms. The average Bonchev–Trinajstić information content (AvgIpc) is 3.12. The van der Waals surface area contributed by atoms with E-state index in [0.717, 1.165) is 12.1 Å². The van der Waals surface area contributed by atoms with Crippen molar-refractivity contribution in [3.8, 4) is 5.75 Å². The summed E-state index contributed by atoms with van der Waals surface area (Å²) in [5, 5.41) is 24.0. The largest absolute Gasteiger partial charge is 0.485 e. The van der Waals surface area contributed by atoms with Gasteiger partial charge in [0.2, 0.25) is 0 Å². The van der Waals surface area contributed by atoms with Crippen molar-refractivity contribution < 1.29 is 33.3 Å². The van der Waals surface area contributed by atoms with Crippen LogP contribution in [0.2, 0.25) is 0 Å². The molecular weight excluding hydrogens is 462 g/mol. The zero-order valence-corrected chi connectivity index (χ0v) is 19.7. The Morgan fingerprint density at radius 3 is 2.54 bits per heavy atom. The van der Waals surface area contributed by atoms with Crippen LogP contribution in [0.15, 0.2) is 30.5 Å². The van der Waals surface area contributed by atoms with Crippen molar-refractivity contribution in [1.82, 2.24) is 20.0 Å². The lowest BCUT2D eigenvalue weighted by Gasteiger charge is -2.29. The van der Waals surface area contributed by atoms with Gasteiger partial charge in [-0.25, -0.2) is 18.6 Å². The molecular formula is C24H28F2N4O5. The van der Waals surface area contributed by atoms with Gasteiger partial charge in [-0.2, -0.15) is 0 Å². The number of rotatable bonds is 10. The van der Waals surface area contributed by atoms with Gasteiger partial charge >= 0.3 is 6.09 Å². The first kappa shape index (κ1) is 25.9. The summed E-state index contributed by atoms with van der Waals surface area (Å²) in [5.41, 5.74) is -0.0199. The van der Waals surface area contributed by atoms with E-state index in [2.05, 4.69) is 15.6 Å². The Kier molecular flexibility index (Phi) is 7.90. The zero-order valence-electron chi connectivity index (χ0n) is 19.7. The lowest BCUT2D eigenvalue weighted by molar-refractivity contribution is 0.0929. The average molecular weight is 491 g/mol. The first-order valence-corrected chi connectivity index (χ1v) is 11.1. The molecule has 4 N–H and O–H groups in total. The topological polar surface area (TPSA) is 125 Å². The molecule has 3 rings (SSSR count).